The van der Waals surface area contributed by atoms with Gasteiger partial charge in [-0.3, -0.25) is 0 Å². The van der Waals surface area contributed by atoms with Gasteiger partial charge in [-0.1, -0.05) is 34.6 Å². The Kier molecular flexibility index (Phi) is 10.1. The van der Waals surface area contributed by atoms with Crippen molar-refractivity contribution in [2.75, 3.05) is 0 Å². The summed E-state index contributed by atoms with van der Waals surface area (Å²) in [7, 11) is -7.60. The van der Waals surface area contributed by atoms with Crippen LogP contribution in [0.25, 0.3) is 0 Å². The second-order valence-electron chi connectivity index (χ2n) is 8.11. The van der Waals surface area contributed by atoms with Crippen molar-refractivity contribution in [2.45, 2.75) is 55.6 Å². The van der Waals surface area contributed by atoms with Gasteiger partial charge in [-0.15, -0.1) is 0 Å². The topological polar surface area (TPSA) is 43.4 Å². The molecule has 166 valence electrons. The van der Waals surface area contributed by atoms with E-state index in [9.17, 15) is 21.6 Å². The normalized spacial score (nSPS) is 12.8. The summed E-state index contributed by atoms with van der Waals surface area (Å²) in [5, 5.41) is -0.586. The van der Waals surface area contributed by atoms with Gasteiger partial charge in [-0.05, 0) is 10.6 Å². The molecule has 0 unspecified atom stereocenters. The van der Waals surface area contributed by atoms with Crippen LogP contribution in [0.3, 0.4) is 0 Å². The first-order chi connectivity index (χ1) is 13.7. The van der Waals surface area contributed by atoms with E-state index in [0.29, 0.717) is 0 Å². The summed E-state index contributed by atoms with van der Waals surface area (Å²) in [6.07, 6.45) is 0. The van der Waals surface area contributed by atoms with Crippen LogP contribution < -0.4 is 7.16 Å². The molecule has 0 heterocycles. The number of rotatable bonds is 5. The zero-order valence-electron chi connectivity index (χ0n) is 18.1. The average Bonchev–Trinajstić information content (AvgIpc) is 2.65. The Morgan fingerprint density at radius 3 is 1.50 bits per heavy atom. The van der Waals surface area contributed by atoms with Crippen molar-refractivity contribution in [1.29, 1.82) is 0 Å². The fourth-order valence-corrected chi connectivity index (χ4v) is 12.5. The molecule has 0 aliphatic rings. The Balaban J connectivity index is 0.000000301. The molecule has 0 bridgehead atoms. The van der Waals surface area contributed by atoms with Crippen molar-refractivity contribution >= 4 is 46.1 Å². The summed E-state index contributed by atoms with van der Waals surface area (Å²) in [6, 6.07) is 21.8. The van der Waals surface area contributed by atoms with Crippen LogP contribution in [-0.4, -0.2) is 42.7 Å². The first kappa shape index (κ1) is 27.2. The molecule has 2 aromatic rings. The molecule has 2 rings (SSSR count). The van der Waals surface area contributed by atoms with E-state index in [1.54, 1.807) is 41.8 Å². The van der Waals surface area contributed by atoms with Gasteiger partial charge in [0.05, 0.1) is 0 Å². The molecule has 3 nitrogen and oxygen atoms in total. The zero-order chi connectivity index (χ0) is 23.2. The van der Waals surface area contributed by atoms with Gasteiger partial charge in [-0.25, -0.2) is 0 Å². The van der Waals surface area contributed by atoms with Crippen LogP contribution in [0.1, 0.15) is 34.6 Å². The Hall–Kier alpha value is -0.844. The second kappa shape index (κ2) is 11.1. The third kappa shape index (κ3) is 8.35. The van der Waals surface area contributed by atoms with Crippen LogP contribution in [-0.2, 0) is 14.0 Å². The molecule has 0 N–H and O–H groups in total. The maximum absolute atomic E-state index is 12.1. The van der Waals surface area contributed by atoms with E-state index in [4.69, 9.17) is 0 Å². The van der Waals surface area contributed by atoms with Crippen molar-refractivity contribution in [2.24, 2.45) is 0 Å². The van der Waals surface area contributed by atoms with Gasteiger partial charge >= 0.3 is 108 Å². The van der Waals surface area contributed by atoms with Crippen LogP contribution in [0, 0.1) is 0 Å². The van der Waals surface area contributed by atoms with Crippen LogP contribution in [0.15, 0.2) is 60.7 Å². The fraction of sp³-hybridized carbons (Fsp3) is 0.429. The van der Waals surface area contributed by atoms with Crippen LogP contribution in [0.2, 0.25) is 15.5 Å². The molecule has 2 radical (unpaired) electrons. The Labute approximate surface area is 187 Å². The fourth-order valence-electron chi connectivity index (χ4n) is 2.80. The molecular weight excluding hydrogens is 536 g/mol. The average molecular weight is 565 g/mol. The summed E-state index contributed by atoms with van der Waals surface area (Å²) >= 11 is -1.50. The standard InChI is InChI=1S/C8H16F3O3SSi.2C6H5.CH3.Sn/c1-6(2)16(7(3,4)5)14-15(12,13)8(9,10)11;2*1-2-4-6-5-3-1;;/h6H,1-5H3;2*1-5H;1H3;. The minimum absolute atomic E-state index is 0.234. The molecule has 0 aromatic heterocycles. The third-order valence-electron chi connectivity index (χ3n) is 4.16. The van der Waals surface area contributed by atoms with Gasteiger partial charge < -0.3 is 3.87 Å². The van der Waals surface area contributed by atoms with Crippen molar-refractivity contribution < 1.29 is 25.5 Å². The van der Waals surface area contributed by atoms with E-state index >= 15 is 0 Å². The first-order valence-corrected chi connectivity index (χ1v) is 18.1. The van der Waals surface area contributed by atoms with Gasteiger partial charge in [-0.2, -0.15) is 21.6 Å². The maximum atomic E-state index is 12.1. The molecule has 0 aliphatic carbocycles. The molecule has 0 amide bonds. The number of alkyl halides is 3. The molecule has 0 spiro atoms. The summed E-state index contributed by atoms with van der Waals surface area (Å²) < 4.78 is 65.7. The van der Waals surface area contributed by atoms with Gasteiger partial charge in [0, 0.05) is 0 Å². The second-order valence-corrected chi connectivity index (χ2v) is 20.4. The van der Waals surface area contributed by atoms with E-state index in [1.165, 1.54) is 0 Å². The molecule has 0 saturated heterocycles. The van der Waals surface area contributed by atoms with Gasteiger partial charge in [0.1, 0.15) is 0 Å². The predicted molar refractivity (Wildman–Crippen MR) is 120 cm³/mol. The molecule has 9 heteroatoms. The SMILES string of the molecule is CC(C)[Si](OS(=O)(=O)C(F)(F)F)C(C)(C)C.[CH3][Sn]([c]1ccccc1)[c]1ccccc1. The molecule has 0 atom stereocenters. The molecule has 30 heavy (non-hydrogen) atoms. The predicted octanol–water partition coefficient (Wildman–Crippen LogP) is 4.98. The van der Waals surface area contributed by atoms with Crippen LogP contribution >= 0.6 is 0 Å². The molecule has 0 aliphatic heterocycles. The van der Waals surface area contributed by atoms with Crippen LogP contribution in [0.5, 0.6) is 0 Å². The van der Waals surface area contributed by atoms with Gasteiger partial charge in [0.2, 0.25) is 9.04 Å². The van der Waals surface area contributed by atoms with Gasteiger partial charge in [0.15, 0.2) is 0 Å². The summed E-state index contributed by atoms with van der Waals surface area (Å²) in [4.78, 5) is 2.44. The third-order valence-corrected chi connectivity index (χ3v) is 15.7. The van der Waals surface area contributed by atoms with Gasteiger partial charge in [0.25, 0.3) is 0 Å². The molecule has 2 aromatic carbocycles. The number of hydrogen-bond acceptors (Lipinski definition) is 3. The summed E-state index contributed by atoms with van der Waals surface area (Å²) in [5.74, 6) is 0. The molecule has 0 saturated carbocycles. The van der Waals surface area contributed by atoms with E-state index in [0.717, 1.165) is 0 Å². The van der Waals surface area contributed by atoms with E-state index in [1.807, 2.05) is 0 Å². The molecule has 0 fully saturated rings. The van der Waals surface area contributed by atoms with Crippen LogP contribution in [0.4, 0.5) is 13.2 Å². The van der Waals surface area contributed by atoms with E-state index in [2.05, 4.69) is 69.5 Å². The summed E-state index contributed by atoms with van der Waals surface area (Å²) in [6.45, 7) is 8.34. The van der Waals surface area contributed by atoms with Crippen molar-refractivity contribution in [3.8, 4) is 0 Å². The first-order valence-electron chi connectivity index (χ1n) is 9.49. The monoisotopic (exact) mass is 566 g/mol. The Morgan fingerprint density at radius 2 is 1.23 bits per heavy atom. The van der Waals surface area contributed by atoms with E-state index < -0.39 is 49.5 Å². The molecular formula is C21H29F3O3SSiSn. The Morgan fingerprint density at radius 1 is 0.867 bits per heavy atom. The van der Waals surface area contributed by atoms with Crippen molar-refractivity contribution in [1.82, 2.24) is 0 Å². The number of halogens is 3. The quantitative estimate of drug-likeness (QED) is 0.380. The van der Waals surface area contributed by atoms with Crippen molar-refractivity contribution in [3.05, 3.63) is 60.7 Å². The zero-order valence-corrected chi connectivity index (χ0v) is 22.8. The van der Waals surface area contributed by atoms with Crippen molar-refractivity contribution in [3.63, 3.8) is 0 Å². The minimum atomic E-state index is -5.48. The number of benzene rings is 2. The summed E-state index contributed by atoms with van der Waals surface area (Å²) in [5.41, 5.74) is -5.58. The Bertz CT molecular complexity index is 828. The van der Waals surface area contributed by atoms with E-state index in [-0.39, 0.29) is 5.54 Å². The number of hydrogen-bond donors (Lipinski definition) is 0.